The molecule has 9 heteroatoms. The molecule has 1 heterocycles. The summed E-state index contributed by atoms with van der Waals surface area (Å²) in [5.74, 6) is -0.133. The first-order chi connectivity index (χ1) is 19.2. The number of hydrogen-bond donors (Lipinski definition) is 3. The molecule has 1 aliphatic carbocycles. The zero-order valence-corrected chi connectivity index (χ0v) is 23.4. The van der Waals surface area contributed by atoms with Gasteiger partial charge in [-0.05, 0) is 55.2 Å². The highest BCUT2D eigenvalue weighted by atomic mass is 35.5. The molecule has 2 aromatic carbocycles. The highest BCUT2D eigenvalue weighted by molar-refractivity contribution is 6.31. The fourth-order valence-corrected chi connectivity index (χ4v) is 4.96. The number of ketones is 1. The molecule has 1 amide bonds. The third kappa shape index (κ3) is 6.40. The predicted molar refractivity (Wildman–Crippen MR) is 159 cm³/mol. The number of benzene rings is 2. The maximum atomic E-state index is 13.7. The van der Waals surface area contributed by atoms with Crippen molar-refractivity contribution >= 4 is 46.5 Å². The predicted octanol–water partition coefficient (Wildman–Crippen LogP) is 3.25. The fraction of sp³-hybridized carbons (Fsp3) is 0.226. The Bertz CT molecular complexity index is 1590. The molecule has 206 valence electrons. The second kappa shape index (κ2) is 12.6. The quantitative estimate of drug-likeness (QED) is 0.275. The first kappa shape index (κ1) is 28.6. The minimum Gasteiger partial charge on any atom is -0.495 e. The Balaban J connectivity index is 1.80. The smallest absolute Gasteiger partial charge is 0.252 e. The number of pyridine rings is 1. The third-order valence-corrected chi connectivity index (χ3v) is 7.08. The standard InChI is InChI=1S/C31H31ClN4O4/c1-19(37)24-11-9-22(32)15-25(24)26-16-30(38)36(18-29(26)40-3)28(13-20-7-5-4-6-8-20)31(39)35-23-10-12-27(33)21(14-23)17-34-2/h4-8,10,12,14-18,28H,9,11,13,33H2,1-3H3,(H,35,39)/p+1/t28-/m1/s1. The van der Waals surface area contributed by atoms with Gasteiger partial charge in [0.1, 0.15) is 18.8 Å². The van der Waals surface area contributed by atoms with E-state index in [1.165, 1.54) is 30.9 Å². The highest BCUT2D eigenvalue weighted by Gasteiger charge is 2.26. The van der Waals surface area contributed by atoms with Crippen molar-refractivity contribution in [3.63, 3.8) is 0 Å². The van der Waals surface area contributed by atoms with Crippen LogP contribution in [0.2, 0.25) is 0 Å². The topological polar surface area (TPSA) is 117 Å². The average Bonchev–Trinajstić information content (AvgIpc) is 2.94. The maximum absolute atomic E-state index is 13.7. The van der Waals surface area contributed by atoms with Crippen LogP contribution in [0.25, 0.3) is 5.57 Å². The Hall–Kier alpha value is -4.43. The van der Waals surface area contributed by atoms with Crippen molar-refractivity contribution in [3.8, 4) is 5.75 Å². The highest BCUT2D eigenvalue weighted by Crippen LogP contribution is 2.36. The van der Waals surface area contributed by atoms with Gasteiger partial charge in [0.25, 0.3) is 5.56 Å². The number of Topliss-reactive ketones (excluding diaryl/α,β-unsaturated/α-hetero) is 1. The van der Waals surface area contributed by atoms with Crippen LogP contribution in [0.4, 0.5) is 11.4 Å². The number of nitrogens with two attached hydrogens (primary N) is 1. The van der Waals surface area contributed by atoms with E-state index in [0.717, 1.165) is 11.1 Å². The number of aromatic nitrogens is 1. The van der Waals surface area contributed by atoms with Gasteiger partial charge in [0, 0.05) is 40.0 Å². The van der Waals surface area contributed by atoms with Gasteiger partial charge >= 0.3 is 0 Å². The molecule has 0 aliphatic heterocycles. The lowest BCUT2D eigenvalue weighted by molar-refractivity contribution is -0.413. The number of amides is 1. The number of nitrogens with zero attached hydrogens (tertiary/aromatic N) is 1. The summed E-state index contributed by atoms with van der Waals surface area (Å²) < 4.78 is 7.04. The molecule has 0 spiro atoms. The SMILES string of the molecule is C[NH+]=Cc1cc(NC(=O)[C@@H](Cc2ccccc2)n2cc(OC)c(C3=C(C(C)=O)CCC(Cl)=C3)cc2=O)ccc1N. The summed E-state index contributed by atoms with van der Waals surface area (Å²) in [6.45, 7) is 1.49. The van der Waals surface area contributed by atoms with E-state index in [2.05, 4.69) is 10.3 Å². The van der Waals surface area contributed by atoms with Crippen LogP contribution in [0, 0.1) is 0 Å². The van der Waals surface area contributed by atoms with E-state index in [-0.39, 0.29) is 18.1 Å². The monoisotopic (exact) mass is 559 g/mol. The van der Waals surface area contributed by atoms with Crippen molar-refractivity contribution in [1.29, 1.82) is 0 Å². The van der Waals surface area contributed by atoms with Crippen molar-refractivity contribution in [3.05, 3.63) is 105 Å². The molecule has 1 atom stereocenters. The molecule has 0 unspecified atom stereocenters. The van der Waals surface area contributed by atoms with Gasteiger partial charge in [-0.3, -0.25) is 23.9 Å². The van der Waals surface area contributed by atoms with E-state index < -0.39 is 11.6 Å². The normalized spacial score (nSPS) is 14.2. The molecule has 0 saturated heterocycles. The van der Waals surface area contributed by atoms with Crippen molar-refractivity contribution < 1.29 is 19.3 Å². The number of rotatable bonds is 9. The van der Waals surface area contributed by atoms with Crippen LogP contribution in [-0.4, -0.2) is 36.6 Å². The number of carbonyl (C=O) groups is 2. The molecule has 0 fully saturated rings. The van der Waals surface area contributed by atoms with E-state index >= 15 is 0 Å². The molecule has 1 aromatic heterocycles. The Morgan fingerprint density at radius 1 is 1.18 bits per heavy atom. The molecular formula is C31H32ClN4O4+. The number of nitrogen functional groups attached to an aromatic ring is 1. The van der Waals surface area contributed by atoms with Gasteiger partial charge in [0.2, 0.25) is 5.91 Å². The number of ether oxygens (including phenoxy) is 1. The molecule has 4 N–H and O–H groups in total. The van der Waals surface area contributed by atoms with Crippen LogP contribution in [0.15, 0.2) is 82.3 Å². The molecule has 4 rings (SSSR count). The summed E-state index contributed by atoms with van der Waals surface area (Å²) in [7, 11) is 3.24. The molecule has 0 saturated carbocycles. The summed E-state index contributed by atoms with van der Waals surface area (Å²) in [5, 5.41) is 3.52. The first-order valence-corrected chi connectivity index (χ1v) is 13.2. The van der Waals surface area contributed by atoms with Crippen LogP contribution >= 0.6 is 11.6 Å². The molecule has 40 heavy (non-hydrogen) atoms. The number of nitrogens with one attached hydrogen (secondary N) is 2. The van der Waals surface area contributed by atoms with E-state index in [4.69, 9.17) is 22.1 Å². The summed E-state index contributed by atoms with van der Waals surface area (Å²) in [6, 6.07) is 15.1. The van der Waals surface area contributed by atoms with Crippen LogP contribution in [0.3, 0.4) is 0 Å². The number of methoxy groups -OCH3 is 1. The zero-order valence-electron chi connectivity index (χ0n) is 22.7. The summed E-state index contributed by atoms with van der Waals surface area (Å²) >= 11 is 6.32. The van der Waals surface area contributed by atoms with Gasteiger partial charge in [-0.15, -0.1) is 0 Å². The lowest BCUT2D eigenvalue weighted by Crippen LogP contribution is -2.63. The van der Waals surface area contributed by atoms with E-state index in [1.807, 2.05) is 30.3 Å². The van der Waals surface area contributed by atoms with E-state index in [1.54, 1.807) is 37.5 Å². The van der Waals surface area contributed by atoms with E-state index in [0.29, 0.717) is 51.7 Å². The van der Waals surface area contributed by atoms with E-state index in [9.17, 15) is 14.4 Å². The number of halogens is 1. The molecule has 1 aliphatic rings. The van der Waals surface area contributed by atoms with Gasteiger partial charge < -0.3 is 15.8 Å². The number of carbonyl (C=O) groups excluding carboxylic acids is 2. The van der Waals surface area contributed by atoms with Crippen molar-refractivity contribution in [2.45, 2.75) is 32.2 Å². The largest absolute Gasteiger partial charge is 0.495 e. The second-order valence-electron chi connectivity index (χ2n) is 9.51. The summed E-state index contributed by atoms with van der Waals surface area (Å²) in [4.78, 5) is 42.7. The van der Waals surface area contributed by atoms with Gasteiger partial charge in [0.15, 0.2) is 12.0 Å². The number of anilines is 2. The minimum atomic E-state index is -0.904. The van der Waals surface area contributed by atoms with Crippen LogP contribution < -0.4 is 26.3 Å². The Morgan fingerprint density at radius 3 is 2.60 bits per heavy atom. The average molecular weight is 560 g/mol. The molecule has 0 bridgehead atoms. The Kier molecular flexibility index (Phi) is 9.01. The van der Waals surface area contributed by atoms with Crippen molar-refractivity contribution in [1.82, 2.24) is 4.57 Å². The lowest BCUT2D eigenvalue weighted by atomic mass is 9.90. The van der Waals surface area contributed by atoms with Gasteiger partial charge in [-0.1, -0.05) is 41.9 Å². The number of allylic oxidation sites excluding steroid dienone is 4. The number of hydrogen-bond acceptors (Lipinski definition) is 5. The Labute approximate surface area is 237 Å². The van der Waals surface area contributed by atoms with Crippen LogP contribution in [0.1, 0.15) is 42.5 Å². The molecule has 8 nitrogen and oxygen atoms in total. The van der Waals surface area contributed by atoms with Crippen LogP contribution in [0.5, 0.6) is 5.75 Å². The molecular weight excluding hydrogens is 528 g/mol. The zero-order chi connectivity index (χ0) is 28.8. The van der Waals surface area contributed by atoms with Crippen molar-refractivity contribution in [2.24, 2.45) is 0 Å². The van der Waals surface area contributed by atoms with Gasteiger partial charge in [-0.25, -0.2) is 0 Å². The van der Waals surface area contributed by atoms with Gasteiger partial charge in [-0.2, -0.15) is 0 Å². The second-order valence-corrected chi connectivity index (χ2v) is 10.00. The molecule has 3 aromatic rings. The lowest BCUT2D eigenvalue weighted by Gasteiger charge is -2.23. The Morgan fingerprint density at radius 2 is 1.93 bits per heavy atom. The summed E-state index contributed by atoms with van der Waals surface area (Å²) in [5.41, 5.74) is 9.91. The summed E-state index contributed by atoms with van der Waals surface area (Å²) in [6.07, 6.45) is 6.24. The van der Waals surface area contributed by atoms with Crippen LogP contribution in [-0.2, 0) is 16.0 Å². The third-order valence-electron chi connectivity index (χ3n) is 6.78. The maximum Gasteiger partial charge on any atom is 0.252 e. The van der Waals surface area contributed by atoms with Crippen molar-refractivity contribution in [2.75, 3.05) is 25.2 Å². The molecule has 0 radical (unpaired) electrons. The first-order valence-electron chi connectivity index (χ1n) is 12.9. The fourth-order valence-electron chi connectivity index (χ4n) is 4.76. The van der Waals surface area contributed by atoms with Gasteiger partial charge in [0.05, 0.1) is 18.9 Å². The minimum absolute atomic E-state index is 0.0960.